The van der Waals surface area contributed by atoms with E-state index in [4.69, 9.17) is 5.73 Å². The highest BCUT2D eigenvalue weighted by molar-refractivity contribution is 5.16. The van der Waals surface area contributed by atoms with E-state index in [9.17, 15) is 4.39 Å². The average Bonchev–Trinajstić information content (AvgIpc) is 2.37. The lowest BCUT2D eigenvalue weighted by molar-refractivity contribution is 0.180. The zero-order valence-electron chi connectivity index (χ0n) is 10.2. The molecule has 1 aliphatic rings. The van der Waals surface area contributed by atoms with Gasteiger partial charge in [0.25, 0.3) is 0 Å². The van der Waals surface area contributed by atoms with Gasteiger partial charge in [-0.05, 0) is 56.0 Å². The van der Waals surface area contributed by atoms with E-state index in [2.05, 4.69) is 4.90 Å². The normalized spacial score (nSPS) is 21.6. The maximum atomic E-state index is 13.0. The molecular formula is C14H21FN2. The van der Waals surface area contributed by atoms with E-state index in [0.29, 0.717) is 5.92 Å². The zero-order chi connectivity index (χ0) is 12.1. The van der Waals surface area contributed by atoms with Crippen LogP contribution >= 0.6 is 0 Å². The summed E-state index contributed by atoms with van der Waals surface area (Å²) in [6, 6.07) is 6.90. The molecule has 0 aliphatic carbocycles. The van der Waals surface area contributed by atoms with Crippen LogP contribution < -0.4 is 5.73 Å². The molecule has 17 heavy (non-hydrogen) atoms. The summed E-state index contributed by atoms with van der Waals surface area (Å²) in [5.41, 5.74) is 6.80. The molecule has 1 heterocycles. The van der Waals surface area contributed by atoms with Crippen LogP contribution in [0.15, 0.2) is 24.3 Å². The third kappa shape index (κ3) is 3.79. The summed E-state index contributed by atoms with van der Waals surface area (Å²) in [4.78, 5) is 2.45. The molecule has 1 saturated heterocycles. The van der Waals surface area contributed by atoms with E-state index in [1.807, 2.05) is 6.07 Å². The Morgan fingerprint density at radius 1 is 1.41 bits per heavy atom. The van der Waals surface area contributed by atoms with Gasteiger partial charge in [-0.2, -0.15) is 0 Å². The topological polar surface area (TPSA) is 29.3 Å². The summed E-state index contributed by atoms with van der Waals surface area (Å²) in [5.74, 6) is 0.511. The Kier molecular flexibility index (Phi) is 4.51. The fourth-order valence-corrected chi connectivity index (χ4v) is 2.53. The van der Waals surface area contributed by atoms with Crippen molar-refractivity contribution >= 4 is 0 Å². The van der Waals surface area contributed by atoms with Crippen molar-refractivity contribution in [3.05, 3.63) is 35.6 Å². The molecule has 1 fully saturated rings. The van der Waals surface area contributed by atoms with E-state index >= 15 is 0 Å². The van der Waals surface area contributed by atoms with Gasteiger partial charge in [-0.3, -0.25) is 0 Å². The molecule has 0 saturated carbocycles. The number of benzene rings is 1. The summed E-state index contributed by atoms with van der Waals surface area (Å²) in [6.07, 6.45) is 3.42. The van der Waals surface area contributed by atoms with Gasteiger partial charge in [-0.1, -0.05) is 12.1 Å². The molecule has 0 bridgehead atoms. The smallest absolute Gasteiger partial charge is 0.123 e. The van der Waals surface area contributed by atoms with Gasteiger partial charge in [0.1, 0.15) is 5.82 Å². The first-order valence-corrected chi connectivity index (χ1v) is 6.45. The van der Waals surface area contributed by atoms with Crippen molar-refractivity contribution in [2.24, 2.45) is 11.7 Å². The Morgan fingerprint density at radius 3 is 3.06 bits per heavy atom. The Morgan fingerprint density at radius 2 is 2.29 bits per heavy atom. The molecule has 0 unspecified atom stereocenters. The molecule has 2 rings (SSSR count). The molecule has 1 atom stereocenters. The van der Waals surface area contributed by atoms with Crippen molar-refractivity contribution in [1.29, 1.82) is 0 Å². The van der Waals surface area contributed by atoms with Crippen molar-refractivity contribution in [1.82, 2.24) is 4.90 Å². The first-order chi connectivity index (χ1) is 8.28. The third-order valence-corrected chi connectivity index (χ3v) is 3.54. The van der Waals surface area contributed by atoms with Crippen LogP contribution in [-0.4, -0.2) is 31.1 Å². The number of nitrogens with two attached hydrogens (primary N) is 1. The monoisotopic (exact) mass is 236 g/mol. The predicted octanol–water partition coefficient (Wildman–Crippen LogP) is 2.04. The average molecular weight is 236 g/mol. The highest BCUT2D eigenvalue weighted by Gasteiger charge is 2.17. The molecule has 1 aliphatic heterocycles. The minimum atomic E-state index is -0.138. The molecule has 0 aromatic heterocycles. The van der Waals surface area contributed by atoms with Crippen LogP contribution in [0.25, 0.3) is 0 Å². The molecule has 1 aromatic rings. The standard InChI is InChI=1S/C14H21FN2/c15-14-5-1-3-12(9-14)6-8-17-7-2-4-13(10-16)11-17/h1,3,5,9,13H,2,4,6-8,10-11,16H2/t13-/m0/s1. The van der Waals surface area contributed by atoms with Gasteiger partial charge in [0.15, 0.2) is 0 Å². The lowest BCUT2D eigenvalue weighted by Crippen LogP contribution is -2.39. The first kappa shape index (κ1) is 12.5. The second-order valence-corrected chi connectivity index (χ2v) is 4.92. The summed E-state index contributed by atoms with van der Waals surface area (Å²) in [5, 5.41) is 0. The fourth-order valence-electron chi connectivity index (χ4n) is 2.53. The Balaban J connectivity index is 1.81. The summed E-state index contributed by atoms with van der Waals surface area (Å²) in [6.45, 7) is 4.06. The van der Waals surface area contributed by atoms with Gasteiger partial charge in [0.2, 0.25) is 0 Å². The largest absolute Gasteiger partial charge is 0.330 e. The molecule has 3 heteroatoms. The van der Waals surface area contributed by atoms with Gasteiger partial charge >= 0.3 is 0 Å². The highest BCUT2D eigenvalue weighted by atomic mass is 19.1. The zero-order valence-corrected chi connectivity index (χ0v) is 10.2. The van der Waals surface area contributed by atoms with Crippen molar-refractivity contribution in [2.45, 2.75) is 19.3 Å². The first-order valence-electron chi connectivity index (χ1n) is 6.45. The van der Waals surface area contributed by atoms with Crippen LogP contribution in [0.3, 0.4) is 0 Å². The molecule has 0 spiro atoms. The van der Waals surface area contributed by atoms with E-state index in [1.54, 1.807) is 12.1 Å². The Bertz CT molecular complexity index is 354. The van der Waals surface area contributed by atoms with Crippen LogP contribution in [0, 0.1) is 11.7 Å². The highest BCUT2D eigenvalue weighted by Crippen LogP contribution is 2.15. The number of hydrogen-bond donors (Lipinski definition) is 1. The van der Waals surface area contributed by atoms with Crippen LogP contribution in [0.2, 0.25) is 0 Å². The fraction of sp³-hybridized carbons (Fsp3) is 0.571. The molecule has 2 N–H and O–H groups in total. The minimum absolute atomic E-state index is 0.138. The lowest BCUT2D eigenvalue weighted by Gasteiger charge is -2.32. The summed E-state index contributed by atoms with van der Waals surface area (Å²) in [7, 11) is 0. The van der Waals surface area contributed by atoms with Gasteiger partial charge in [0.05, 0.1) is 0 Å². The van der Waals surface area contributed by atoms with E-state index < -0.39 is 0 Å². The SMILES string of the molecule is NC[C@@H]1CCCN(CCc2cccc(F)c2)C1. The van der Waals surface area contributed by atoms with Crippen LogP contribution in [-0.2, 0) is 6.42 Å². The van der Waals surface area contributed by atoms with Gasteiger partial charge in [-0.15, -0.1) is 0 Å². The molecular weight excluding hydrogens is 215 g/mol. The maximum absolute atomic E-state index is 13.0. The predicted molar refractivity (Wildman–Crippen MR) is 68.3 cm³/mol. The number of nitrogens with zero attached hydrogens (tertiary/aromatic N) is 1. The summed E-state index contributed by atoms with van der Waals surface area (Å²) >= 11 is 0. The second kappa shape index (κ2) is 6.12. The van der Waals surface area contributed by atoms with Crippen LogP contribution in [0.5, 0.6) is 0 Å². The van der Waals surface area contributed by atoms with Crippen molar-refractivity contribution < 1.29 is 4.39 Å². The molecule has 94 valence electrons. The lowest BCUT2D eigenvalue weighted by atomic mass is 9.98. The Hall–Kier alpha value is -0.930. The number of likely N-dealkylation sites (tertiary alicyclic amines) is 1. The van der Waals surface area contributed by atoms with Gasteiger partial charge < -0.3 is 10.6 Å². The molecule has 2 nitrogen and oxygen atoms in total. The molecule has 1 aromatic carbocycles. The van der Waals surface area contributed by atoms with Crippen molar-refractivity contribution in [3.63, 3.8) is 0 Å². The summed E-state index contributed by atoms with van der Waals surface area (Å²) < 4.78 is 13.0. The quantitative estimate of drug-likeness (QED) is 0.867. The maximum Gasteiger partial charge on any atom is 0.123 e. The number of halogens is 1. The van der Waals surface area contributed by atoms with E-state index in [0.717, 1.165) is 38.2 Å². The van der Waals surface area contributed by atoms with Crippen molar-refractivity contribution in [2.75, 3.05) is 26.2 Å². The molecule has 0 radical (unpaired) electrons. The van der Waals surface area contributed by atoms with Crippen LogP contribution in [0.4, 0.5) is 4.39 Å². The van der Waals surface area contributed by atoms with Crippen molar-refractivity contribution in [3.8, 4) is 0 Å². The number of rotatable bonds is 4. The number of piperidine rings is 1. The Labute approximate surface area is 103 Å². The van der Waals surface area contributed by atoms with Gasteiger partial charge in [-0.25, -0.2) is 4.39 Å². The van der Waals surface area contributed by atoms with Gasteiger partial charge in [0, 0.05) is 13.1 Å². The molecule has 0 amide bonds. The van der Waals surface area contributed by atoms with E-state index in [-0.39, 0.29) is 5.82 Å². The third-order valence-electron chi connectivity index (χ3n) is 3.54. The van der Waals surface area contributed by atoms with E-state index in [1.165, 1.54) is 18.9 Å². The minimum Gasteiger partial charge on any atom is -0.330 e. The number of hydrogen-bond acceptors (Lipinski definition) is 2. The second-order valence-electron chi connectivity index (χ2n) is 4.92. The van der Waals surface area contributed by atoms with Crippen LogP contribution in [0.1, 0.15) is 18.4 Å².